The summed E-state index contributed by atoms with van der Waals surface area (Å²) in [7, 11) is 0. The van der Waals surface area contributed by atoms with Gasteiger partial charge in [0.1, 0.15) is 5.01 Å². The third-order valence-electron chi connectivity index (χ3n) is 3.58. The van der Waals surface area contributed by atoms with Crippen molar-refractivity contribution in [1.82, 2.24) is 15.6 Å². The van der Waals surface area contributed by atoms with Crippen LogP contribution in [0.2, 0.25) is 0 Å². The van der Waals surface area contributed by atoms with Gasteiger partial charge in [-0.3, -0.25) is 4.79 Å². The molecule has 23 heavy (non-hydrogen) atoms. The number of amides is 1. The van der Waals surface area contributed by atoms with Crippen LogP contribution in [0, 0.1) is 0 Å². The molecule has 1 saturated heterocycles. The highest BCUT2D eigenvalue weighted by Crippen LogP contribution is 2.23. The van der Waals surface area contributed by atoms with Crippen molar-refractivity contribution in [2.75, 3.05) is 13.1 Å². The van der Waals surface area contributed by atoms with Gasteiger partial charge >= 0.3 is 0 Å². The second-order valence-electron chi connectivity index (χ2n) is 5.30. The summed E-state index contributed by atoms with van der Waals surface area (Å²) in [4.78, 5) is 16.6. The van der Waals surface area contributed by atoms with Gasteiger partial charge in [-0.05, 0) is 19.4 Å². The monoisotopic (exact) mass is 373 g/mol. The summed E-state index contributed by atoms with van der Waals surface area (Å²) in [5, 5.41) is 9.32. The first kappa shape index (κ1) is 19.9. The highest BCUT2D eigenvalue weighted by atomic mass is 35.5. The van der Waals surface area contributed by atoms with Gasteiger partial charge in [-0.15, -0.1) is 36.2 Å². The van der Waals surface area contributed by atoms with Gasteiger partial charge in [-0.1, -0.05) is 30.3 Å². The molecule has 2 heterocycles. The Hall–Kier alpha value is -1.14. The van der Waals surface area contributed by atoms with E-state index in [0.29, 0.717) is 6.42 Å². The van der Waals surface area contributed by atoms with Crippen molar-refractivity contribution in [3.8, 4) is 10.6 Å². The molecule has 2 N–H and O–H groups in total. The smallest absolute Gasteiger partial charge is 0.226 e. The van der Waals surface area contributed by atoms with E-state index in [4.69, 9.17) is 0 Å². The molecule has 0 unspecified atom stereocenters. The Balaban J connectivity index is 0.00000132. The van der Waals surface area contributed by atoms with Crippen molar-refractivity contribution in [2.24, 2.45) is 0 Å². The standard InChI is InChI=1S/C16H19N3OS.2ClH/c20-15(18-13-7-4-8-17-10-13)9-14-11-21-16(19-14)12-5-2-1-3-6-12;;/h1-3,5-6,11,13,17H,4,7-10H2,(H,18,20);2*1H/t13-;;/m0../s1. The normalized spacial score (nSPS) is 16.8. The molecule has 7 heteroatoms. The Kier molecular flexibility index (Phi) is 8.55. The van der Waals surface area contributed by atoms with Gasteiger partial charge in [0.05, 0.1) is 12.1 Å². The molecular formula is C16H21Cl2N3OS. The Morgan fingerprint density at radius 1 is 1.30 bits per heavy atom. The van der Waals surface area contributed by atoms with E-state index in [-0.39, 0.29) is 36.8 Å². The maximum Gasteiger partial charge on any atom is 0.226 e. The van der Waals surface area contributed by atoms with E-state index in [1.54, 1.807) is 11.3 Å². The average molecular weight is 374 g/mol. The van der Waals surface area contributed by atoms with Gasteiger partial charge in [0, 0.05) is 23.5 Å². The second kappa shape index (κ2) is 9.88. The highest BCUT2D eigenvalue weighted by Gasteiger charge is 2.16. The Morgan fingerprint density at radius 2 is 2.09 bits per heavy atom. The van der Waals surface area contributed by atoms with E-state index in [1.807, 2.05) is 35.7 Å². The average Bonchev–Trinajstić information content (AvgIpc) is 2.97. The molecule has 1 fully saturated rings. The number of nitrogens with one attached hydrogen (secondary N) is 2. The molecule has 0 spiro atoms. The molecule has 1 atom stereocenters. The van der Waals surface area contributed by atoms with Crippen LogP contribution in [-0.4, -0.2) is 30.0 Å². The molecule has 0 bridgehead atoms. The number of piperidine rings is 1. The summed E-state index contributed by atoms with van der Waals surface area (Å²) in [6, 6.07) is 10.3. The van der Waals surface area contributed by atoms with Crippen LogP contribution in [0.4, 0.5) is 0 Å². The van der Waals surface area contributed by atoms with Gasteiger partial charge in [0.2, 0.25) is 5.91 Å². The first-order valence-corrected chi connectivity index (χ1v) is 8.19. The lowest BCUT2D eigenvalue weighted by molar-refractivity contribution is -0.121. The van der Waals surface area contributed by atoms with Crippen molar-refractivity contribution < 1.29 is 4.79 Å². The summed E-state index contributed by atoms with van der Waals surface area (Å²) in [5.41, 5.74) is 1.95. The molecule has 0 aliphatic carbocycles. The summed E-state index contributed by atoms with van der Waals surface area (Å²) >= 11 is 1.59. The zero-order valence-electron chi connectivity index (χ0n) is 12.7. The predicted octanol–water partition coefficient (Wildman–Crippen LogP) is 3.06. The molecule has 0 saturated carbocycles. The number of carbonyl (C=O) groups is 1. The molecule has 1 amide bonds. The van der Waals surface area contributed by atoms with E-state index in [2.05, 4.69) is 15.6 Å². The third kappa shape index (κ3) is 5.77. The molecular weight excluding hydrogens is 353 g/mol. The minimum atomic E-state index is 0. The zero-order valence-corrected chi connectivity index (χ0v) is 15.1. The number of thiazole rings is 1. The SMILES string of the molecule is Cl.Cl.O=C(Cc1csc(-c2ccccc2)n1)N[C@H]1CCCNC1. The minimum Gasteiger partial charge on any atom is -0.352 e. The van der Waals surface area contributed by atoms with E-state index in [0.717, 1.165) is 42.2 Å². The van der Waals surface area contributed by atoms with Crippen LogP contribution >= 0.6 is 36.2 Å². The molecule has 3 rings (SSSR count). The van der Waals surface area contributed by atoms with Gasteiger partial charge in [0.25, 0.3) is 0 Å². The van der Waals surface area contributed by atoms with Crippen molar-refractivity contribution in [2.45, 2.75) is 25.3 Å². The van der Waals surface area contributed by atoms with Crippen molar-refractivity contribution in [3.05, 3.63) is 41.4 Å². The highest BCUT2D eigenvalue weighted by molar-refractivity contribution is 7.13. The summed E-state index contributed by atoms with van der Waals surface area (Å²) in [6.45, 7) is 1.93. The maximum atomic E-state index is 12.1. The van der Waals surface area contributed by atoms with E-state index in [1.165, 1.54) is 0 Å². The lowest BCUT2D eigenvalue weighted by Crippen LogP contribution is -2.46. The van der Waals surface area contributed by atoms with E-state index >= 15 is 0 Å². The Bertz CT molecular complexity index is 600. The molecule has 1 aromatic carbocycles. The van der Waals surface area contributed by atoms with Crippen LogP contribution in [0.15, 0.2) is 35.7 Å². The molecule has 2 aromatic rings. The topological polar surface area (TPSA) is 54.0 Å². The van der Waals surface area contributed by atoms with Crippen molar-refractivity contribution >= 4 is 42.1 Å². The number of benzene rings is 1. The summed E-state index contributed by atoms with van der Waals surface area (Å²) in [6.07, 6.45) is 2.55. The maximum absolute atomic E-state index is 12.1. The number of hydrogen-bond acceptors (Lipinski definition) is 4. The molecule has 1 aromatic heterocycles. The van der Waals surface area contributed by atoms with Crippen LogP contribution < -0.4 is 10.6 Å². The first-order valence-electron chi connectivity index (χ1n) is 7.31. The number of halogens is 2. The van der Waals surface area contributed by atoms with E-state index in [9.17, 15) is 4.79 Å². The quantitative estimate of drug-likeness (QED) is 0.865. The number of rotatable bonds is 4. The molecule has 1 aliphatic heterocycles. The Labute approximate surface area is 152 Å². The van der Waals surface area contributed by atoms with Crippen LogP contribution in [-0.2, 0) is 11.2 Å². The zero-order chi connectivity index (χ0) is 14.5. The fourth-order valence-corrected chi connectivity index (χ4v) is 3.35. The van der Waals surface area contributed by atoms with Gasteiger partial charge in [-0.2, -0.15) is 0 Å². The van der Waals surface area contributed by atoms with Crippen LogP contribution in [0.25, 0.3) is 10.6 Å². The van der Waals surface area contributed by atoms with Crippen LogP contribution in [0.3, 0.4) is 0 Å². The second-order valence-corrected chi connectivity index (χ2v) is 6.16. The van der Waals surface area contributed by atoms with Crippen molar-refractivity contribution in [3.63, 3.8) is 0 Å². The number of carbonyl (C=O) groups excluding carboxylic acids is 1. The largest absolute Gasteiger partial charge is 0.352 e. The molecule has 0 radical (unpaired) electrons. The number of nitrogens with zero attached hydrogens (tertiary/aromatic N) is 1. The Morgan fingerprint density at radius 3 is 2.78 bits per heavy atom. The number of aromatic nitrogens is 1. The predicted molar refractivity (Wildman–Crippen MR) is 99.8 cm³/mol. The van der Waals surface area contributed by atoms with Crippen LogP contribution in [0.1, 0.15) is 18.5 Å². The fourth-order valence-electron chi connectivity index (χ4n) is 2.52. The summed E-state index contributed by atoms with van der Waals surface area (Å²) in [5.74, 6) is 0.0635. The minimum absolute atomic E-state index is 0. The number of hydrogen-bond donors (Lipinski definition) is 2. The summed E-state index contributed by atoms with van der Waals surface area (Å²) < 4.78 is 0. The molecule has 1 aliphatic rings. The van der Waals surface area contributed by atoms with Gasteiger partial charge < -0.3 is 10.6 Å². The van der Waals surface area contributed by atoms with Gasteiger partial charge in [-0.25, -0.2) is 4.98 Å². The van der Waals surface area contributed by atoms with Gasteiger partial charge in [0.15, 0.2) is 0 Å². The fraction of sp³-hybridized carbons (Fsp3) is 0.375. The van der Waals surface area contributed by atoms with Crippen molar-refractivity contribution in [1.29, 1.82) is 0 Å². The lowest BCUT2D eigenvalue weighted by Gasteiger charge is -2.23. The van der Waals surface area contributed by atoms with E-state index < -0.39 is 0 Å². The van der Waals surface area contributed by atoms with Crippen LogP contribution in [0.5, 0.6) is 0 Å². The first-order chi connectivity index (χ1) is 10.3. The third-order valence-corrected chi connectivity index (χ3v) is 4.52. The molecule has 126 valence electrons. The lowest BCUT2D eigenvalue weighted by atomic mass is 10.1. The molecule has 4 nitrogen and oxygen atoms in total.